The van der Waals surface area contributed by atoms with Gasteiger partial charge < -0.3 is 11.1 Å². The Labute approximate surface area is 201 Å². The minimum atomic E-state index is -1.44. The minimum Gasteiger partial charge on any atom is -0.370 e. The summed E-state index contributed by atoms with van der Waals surface area (Å²) in [5, 5.41) is 6.67. The summed E-state index contributed by atoms with van der Waals surface area (Å²) < 4.78 is 0. The molecule has 34 heavy (non-hydrogen) atoms. The third-order valence-corrected chi connectivity index (χ3v) is 7.80. The fourth-order valence-corrected chi connectivity index (χ4v) is 5.83. The second-order valence-electron chi connectivity index (χ2n) is 9.15. The number of benzene rings is 2. The maximum absolute atomic E-state index is 13.9. The number of nitrogens with two attached hydrogens (primary N) is 1. The Kier molecular flexibility index (Phi) is 5.26. The summed E-state index contributed by atoms with van der Waals surface area (Å²) >= 11 is 6.29. The van der Waals surface area contributed by atoms with E-state index in [1.54, 1.807) is 31.2 Å². The van der Waals surface area contributed by atoms with Gasteiger partial charge in [0.1, 0.15) is 5.54 Å². The van der Waals surface area contributed by atoms with E-state index in [0.29, 0.717) is 27.5 Å². The Balaban J connectivity index is 1.64. The number of nitrogens with one attached hydrogen (secondary N) is 2. The van der Waals surface area contributed by atoms with Crippen molar-refractivity contribution in [1.82, 2.24) is 5.32 Å². The number of halogens is 1. The quantitative estimate of drug-likeness (QED) is 0.567. The molecule has 176 valence electrons. The van der Waals surface area contributed by atoms with E-state index < -0.39 is 41.1 Å². The fourth-order valence-electron chi connectivity index (χ4n) is 5.67. The number of carbonyl (C=O) groups excluding carboxylic acids is 4. The molecule has 2 aromatic rings. The highest BCUT2D eigenvalue weighted by molar-refractivity contribution is 6.32. The summed E-state index contributed by atoms with van der Waals surface area (Å²) in [6.07, 6.45) is 1.08. The van der Waals surface area contributed by atoms with Crippen LogP contribution in [0, 0.1) is 18.8 Å². The van der Waals surface area contributed by atoms with Crippen LogP contribution in [0.15, 0.2) is 36.4 Å². The normalized spacial score (nSPS) is 27.3. The largest absolute Gasteiger partial charge is 0.370 e. The SMILES string of the molecule is CCc1ccc(N2C(=O)[C@H]3[C@@H](C2=O)[C@@]2(N[C@@H]3CCC(N)=O)C(=O)Nc3c2ccc(Cl)c3C)cc1. The number of hydrogen-bond acceptors (Lipinski definition) is 5. The van der Waals surface area contributed by atoms with Crippen LogP contribution < -0.4 is 21.3 Å². The zero-order valence-electron chi connectivity index (χ0n) is 18.9. The average molecular weight is 481 g/mol. The number of fused-ring (bicyclic) bond motifs is 4. The fraction of sp³-hybridized carbons (Fsp3) is 0.360. The topological polar surface area (TPSA) is 122 Å². The van der Waals surface area contributed by atoms with Crippen molar-refractivity contribution in [3.8, 4) is 0 Å². The molecule has 5 rings (SSSR count). The van der Waals surface area contributed by atoms with Crippen molar-refractivity contribution in [2.24, 2.45) is 17.6 Å². The molecule has 4 atom stereocenters. The number of nitrogens with zero attached hydrogens (tertiary/aromatic N) is 1. The molecule has 4 N–H and O–H groups in total. The van der Waals surface area contributed by atoms with Crippen molar-refractivity contribution < 1.29 is 19.2 Å². The van der Waals surface area contributed by atoms with Crippen molar-refractivity contribution in [3.63, 3.8) is 0 Å². The Morgan fingerprint density at radius 1 is 1.12 bits per heavy atom. The van der Waals surface area contributed by atoms with Gasteiger partial charge in [0.15, 0.2) is 0 Å². The van der Waals surface area contributed by atoms with E-state index in [2.05, 4.69) is 10.6 Å². The van der Waals surface area contributed by atoms with Crippen LogP contribution in [0.2, 0.25) is 5.02 Å². The minimum absolute atomic E-state index is 0.0256. The molecule has 2 saturated heterocycles. The van der Waals surface area contributed by atoms with Crippen molar-refractivity contribution in [2.45, 2.75) is 44.7 Å². The number of anilines is 2. The summed E-state index contributed by atoms with van der Waals surface area (Å²) in [5.74, 6) is -3.53. The molecule has 0 radical (unpaired) electrons. The predicted molar refractivity (Wildman–Crippen MR) is 127 cm³/mol. The second-order valence-corrected chi connectivity index (χ2v) is 9.56. The molecule has 1 spiro atoms. The van der Waals surface area contributed by atoms with Crippen LogP contribution in [0.3, 0.4) is 0 Å². The molecular weight excluding hydrogens is 456 g/mol. The smallest absolute Gasteiger partial charge is 0.250 e. The highest BCUT2D eigenvalue weighted by Crippen LogP contribution is 2.55. The zero-order chi connectivity index (χ0) is 24.4. The Hall–Kier alpha value is -3.23. The van der Waals surface area contributed by atoms with Gasteiger partial charge in [-0.15, -0.1) is 0 Å². The molecule has 0 aliphatic carbocycles. The van der Waals surface area contributed by atoms with E-state index in [4.69, 9.17) is 17.3 Å². The summed E-state index contributed by atoms with van der Waals surface area (Å²) in [7, 11) is 0. The summed E-state index contributed by atoms with van der Waals surface area (Å²) in [4.78, 5) is 53.8. The molecule has 3 aliphatic rings. The van der Waals surface area contributed by atoms with E-state index in [1.165, 1.54) is 4.90 Å². The van der Waals surface area contributed by atoms with Crippen molar-refractivity contribution >= 4 is 46.6 Å². The van der Waals surface area contributed by atoms with Gasteiger partial charge in [-0.25, -0.2) is 4.90 Å². The van der Waals surface area contributed by atoms with Gasteiger partial charge in [-0.3, -0.25) is 24.5 Å². The van der Waals surface area contributed by atoms with Gasteiger partial charge in [-0.05, 0) is 49.1 Å². The van der Waals surface area contributed by atoms with Gasteiger partial charge in [-0.1, -0.05) is 36.7 Å². The van der Waals surface area contributed by atoms with Crippen LogP contribution in [-0.2, 0) is 31.1 Å². The highest BCUT2D eigenvalue weighted by atomic mass is 35.5. The van der Waals surface area contributed by atoms with Crippen LogP contribution in [0.4, 0.5) is 11.4 Å². The van der Waals surface area contributed by atoms with E-state index >= 15 is 0 Å². The van der Waals surface area contributed by atoms with Crippen molar-refractivity contribution in [2.75, 3.05) is 10.2 Å². The molecule has 9 heteroatoms. The van der Waals surface area contributed by atoms with Gasteiger partial charge in [0.2, 0.25) is 23.6 Å². The molecule has 0 bridgehead atoms. The summed E-state index contributed by atoms with van der Waals surface area (Å²) in [6, 6.07) is 10.1. The third-order valence-electron chi connectivity index (χ3n) is 7.39. The van der Waals surface area contributed by atoms with Gasteiger partial charge in [-0.2, -0.15) is 0 Å². The lowest BCUT2D eigenvalue weighted by atomic mass is 9.76. The molecule has 0 aromatic heterocycles. The summed E-state index contributed by atoms with van der Waals surface area (Å²) in [5.41, 5.74) is 7.30. The number of amides is 4. The van der Waals surface area contributed by atoms with Crippen LogP contribution in [0.25, 0.3) is 0 Å². The molecule has 3 aliphatic heterocycles. The summed E-state index contributed by atoms with van der Waals surface area (Å²) in [6.45, 7) is 3.81. The molecular formula is C25H25ClN4O4. The Bertz CT molecular complexity index is 1240. The molecule has 2 fully saturated rings. The molecule has 3 heterocycles. The van der Waals surface area contributed by atoms with Crippen molar-refractivity contribution in [3.05, 3.63) is 58.1 Å². The molecule has 4 amide bonds. The third kappa shape index (κ3) is 3.02. The average Bonchev–Trinajstić information content (AvgIpc) is 3.40. The van der Waals surface area contributed by atoms with Crippen LogP contribution in [0.5, 0.6) is 0 Å². The van der Waals surface area contributed by atoms with E-state index in [1.807, 2.05) is 19.1 Å². The second kappa shape index (κ2) is 7.92. The van der Waals surface area contributed by atoms with Crippen LogP contribution >= 0.6 is 11.6 Å². The predicted octanol–water partition coefficient (Wildman–Crippen LogP) is 2.40. The molecule has 8 nitrogen and oxygen atoms in total. The first-order valence-corrected chi connectivity index (χ1v) is 11.7. The van der Waals surface area contributed by atoms with E-state index in [-0.39, 0.29) is 18.7 Å². The zero-order valence-corrected chi connectivity index (χ0v) is 19.6. The Morgan fingerprint density at radius 2 is 1.82 bits per heavy atom. The van der Waals surface area contributed by atoms with E-state index in [0.717, 1.165) is 12.0 Å². The molecule has 0 unspecified atom stereocenters. The molecule has 2 aromatic carbocycles. The van der Waals surface area contributed by atoms with Gasteiger partial charge in [0.05, 0.1) is 23.2 Å². The first-order valence-electron chi connectivity index (χ1n) is 11.3. The van der Waals surface area contributed by atoms with Gasteiger partial charge in [0, 0.05) is 23.0 Å². The lowest BCUT2D eigenvalue weighted by Gasteiger charge is -2.29. The first-order chi connectivity index (χ1) is 16.2. The number of primary amides is 1. The van der Waals surface area contributed by atoms with E-state index in [9.17, 15) is 19.2 Å². The lowest BCUT2D eigenvalue weighted by molar-refractivity contribution is -0.130. The number of imide groups is 1. The lowest BCUT2D eigenvalue weighted by Crippen LogP contribution is -2.53. The maximum Gasteiger partial charge on any atom is 0.250 e. The van der Waals surface area contributed by atoms with Gasteiger partial charge >= 0.3 is 0 Å². The number of hydrogen-bond donors (Lipinski definition) is 3. The van der Waals surface area contributed by atoms with Crippen LogP contribution in [0.1, 0.15) is 36.5 Å². The molecule has 0 saturated carbocycles. The number of rotatable bonds is 5. The van der Waals surface area contributed by atoms with Crippen LogP contribution in [-0.4, -0.2) is 29.7 Å². The Morgan fingerprint density at radius 3 is 2.47 bits per heavy atom. The highest BCUT2D eigenvalue weighted by Gasteiger charge is 2.70. The standard InChI is InChI=1S/C25H25ClN4O4/c1-3-13-4-6-14(7-5-13)30-22(32)19-17(10-11-18(27)31)29-25(20(19)23(30)33)15-8-9-16(26)12(2)21(15)28-24(25)34/h4-9,17,19-20,29H,3,10-11H2,1-2H3,(H2,27,31)(H,28,34)/t17-,19-,20+,25-/m1/s1. The first kappa shape index (κ1) is 22.6. The van der Waals surface area contributed by atoms with Gasteiger partial charge in [0.25, 0.3) is 0 Å². The van der Waals surface area contributed by atoms with Crippen molar-refractivity contribution in [1.29, 1.82) is 0 Å². The maximum atomic E-state index is 13.9. The number of carbonyl (C=O) groups is 4. The number of aryl methyl sites for hydroxylation is 1. The monoisotopic (exact) mass is 480 g/mol.